The fourth-order valence-electron chi connectivity index (χ4n) is 2.18. The summed E-state index contributed by atoms with van der Waals surface area (Å²) in [7, 11) is 1.81. The first-order chi connectivity index (χ1) is 9.52. The van der Waals surface area contributed by atoms with Crippen LogP contribution in [0.15, 0.2) is 24.7 Å². The number of hydrogen-bond donors (Lipinski definition) is 0. The average molecular weight is 275 g/mol. The summed E-state index contributed by atoms with van der Waals surface area (Å²) in [5, 5.41) is 8.42. The largest absolute Gasteiger partial charge is 0.338 e. The fraction of sp³-hybridized carbons (Fsp3) is 0.500. The van der Waals surface area contributed by atoms with Crippen LogP contribution in [-0.2, 0) is 17.9 Å². The van der Waals surface area contributed by atoms with Gasteiger partial charge in [-0.05, 0) is 32.4 Å². The summed E-state index contributed by atoms with van der Waals surface area (Å²) >= 11 is 0. The van der Waals surface area contributed by atoms with E-state index in [0.717, 1.165) is 17.8 Å². The molecule has 0 fully saturated rings. The van der Waals surface area contributed by atoms with Gasteiger partial charge in [-0.1, -0.05) is 0 Å². The van der Waals surface area contributed by atoms with E-state index in [4.69, 9.17) is 0 Å². The second kappa shape index (κ2) is 5.90. The van der Waals surface area contributed by atoms with Crippen LogP contribution in [0.25, 0.3) is 0 Å². The Bertz CT molecular complexity index is 586. The van der Waals surface area contributed by atoms with E-state index in [0.29, 0.717) is 6.54 Å². The molecular weight excluding hydrogens is 254 g/mol. The third kappa shape index (κ3) is 2.89. The Hall–Kier alpha value is -2.11. The monoisotopic (exact) mass is 275 g/mol. The number of nitrogens with zero attached hydrogens (tertiary/aromatic N) is 5. The quantitative estimate of drug-likeness (QED) is 0.833. The van der Waals surface area contributed by atoms with Crippen LogP contribution in [0.2, 0.25) is 0 Å². The highest BCUT2D eigenvalue weighted by Gasteiger charge is 2.20. The van der Waals surface area contributed by atoms with Crippen LogP contribution in [0, 0.1) is 6.92 Å². The molecular formula is C14H21N5O. The Balaban J connectivity index is 2.05. The molecule has 1 amide bonds. The van der Waals surface area contributed by atoms with Crippen LogP contribution in [0.5, 0.6) is 0 Å². The van der Waals surface area contributed by atoms with Crippen LogP contribution in [0.3, 0.4) is 0 Å². The van der Waals surface area contributed by atoms with E-state index in [9.17, 15) is 4.79 Å². The van der Waals surface area contributed by atoms with E-state index in [-0.39, 0.29) is 11.9 Å². The van der Waals surface area contributed by atoms with Gasteiger partial charge < -0.3 is 4.90 Å². The van der Waals surface area contributed by atoms with E-state index < -0.39 is 0 Å². The smallest absolute Gasteiger partial charge is 0.247 e. The molecule has 0 N–H and O–H groups in total. The van der Waals surface area contributed by atoms with Gasteiger partial charge in [0.2, 0.25) is 5.91 Å². The maximum atomic E-state index is 12.4. The predicted molar refractivity (Wildman–Crippen MR) is 76.1 cm³/mol. The van der Waals surface area contributed by atoms with Crippen molar-refractivity contribution in [2.45, 2.75) is 39.9 Å². The van der Waals surface area contributed by atoms with Crippen LogP contribution >= 0.6 is 0 Å². The van der Waals surface area contributed by atoms with Crippen molar-refractivity contribution in [1.82, 2.24) is 24.5 Å². The molecule has 2 aromatic rings. The van der Waals surface area contributed by atoms with Gasteiger partial charge in [0.1, 0.15) is 6.04 Å². The summed E-state index contributed by atoms with van der Waals surface area (Å²) in [6.45, 7) is 7.22. The standard InChI is InChI=1S/C14H21N5O/c1-5-18-13(6-7-15-18)10-17(4)14(20)12(3)19-9-11(2)8-16-19/h6-9,12H,5,10H2,1-4H3. The second-order valence-electron chi connectivity index (χ2n) is 5.01. The van der Waals surface area contributed by atoms with Gasteiger partial charge in [-0.25, -0.2) is 0 Å². The lowest BCUT2D eigenvalue weighted by atomic mass is 10.2. The first kappa shape index (κ1) is 14.3. The zero-order chi connectivity index (χ0) is 14.7. The summed E-state index contributed by atoms with van der Waals surface area (Å²) in [5.74, 6) is 0.0388. The minimum absolute atomic E-state index is 0.0388. The number of aryl methyl sites for hydroxylation is 2. The molecule has 2 heterocycles. The van der Waals surface area contributed by atoms with Crippen LogP contribution < -0.4 is 0 Å². The summed E-state index contributed by atoms with van der Waals surface area (Å²) in [6.07, 6.45) is 5.40. The summed E-state index contributed by atoms with van der Waals surface area (Å²) in [5.41, 5.74) is 2.09. The highest BCUT2D eigenvalue weighted by molar-refractivity contribution is 5.79. The molecule has 1 unspecified atom stereocenters. The van der Waals surface area contributed by atoms with Crippen molar-refractivity contribution in [3.05, 3.63) is 35.9 Å². The summed E-state index contributed by atoms with van der Waals surface area (Å²) in [6, 6.07) is 1.64. The number of likely N-dealkylation sites (N-methyl/N-ethyl adjacent to an activating group) is 1. The van der Waals surface area contributed by atoms with Crippen LogP contribution in [0.1, 0.15) is 31.1 Å². The summed E-state index contributed by atoms with van der Waals surface area (Å²) < 4.78 is 3.60. The number of rotatable bonds is 5. The maximum Gasteiger partial charge on any atom is 0.247 e. The Morgan fingerprint density at radius 1 is 1.45 bits per heavy atom. The zero-order valence-electron chi connectivity index (χ0n) is 12.4. The highest BCUT2D eigenvalue weighted by atomic mass is 16.2. The molecule has 2 rings (SSSR count). The molecule has 0 saturated carbocycles. The van der Waals surface area contributed by atoms with Gasteiger partial charge in [-0.2, -0.15) is 10.2 Å². The molecule has 0 saturated heterocycles. The number of hydrogen-bond acceptors (Lipinski definition) is 3. The molecule has 6 nitrogen and oxygen atoms in total. The van der Waals surface area contributed by atoms with Crippen molar-refractivity contribution in [1.29, 1.82) is 0 Å². The Morgan fingerprint density at radius 3 is 2.80 bits per heavy atom. The van der Waals surface area contributed by atoms with E-state index in [1.807, 2.05) is 44.8 Å². The lowest BCUT2D eigenvalue weighted by molar-refractivity contribution is -0.133. The summed E-state index contributed by atoms with van der Waals surface area (Å²) in [4.78, 5) is 14.1. The molecule has 0 spiro atoms. The van der Waals surface area contributed by atoms with Crippen molar-refractivity contribution in [2.24, 2.45) is 0 Å². The molecule has 0 aliphatic heterocycles. The molecule has 0 bridgehead atoms. The highest BCUT2D eigenvalue weighted by Crippen LogP contribution is 2.12. The molecule has 2 aromatic heterocycles. The van der Waals surface area contributed by atoms with Crippen LogP contribution in [0.4, 0.5) is 0 Å². The van der Waals surface area contributed by atoms with E-state index in [1.165, 1.54) is 0 Å². The molecule has 108 valence electrons. The van der Waals surface area contributed by atoms with Gasteiger partial charge in [-0.3, -0.25) is 14.2 Å². The minimum atomic E-state index is -0.299. The zero-order valence-corrected chi connectivity index (χ0v) is 12.4. The maximum absolute atomic E-state index is 12.4. The van der Waals surface area contributed by atoms with Crippen molar-refractivity contribution in [3.8, 4) is 0 Å². The SMILES string of the molecule is CCn1nccc1CN(C)C(=O)C(C)n1cc(C)cn1. The minimum Gasteiger partial charge on any atom is -0.338 e. The van der Waals surface area contributed by atoms with Gasteiger partial charge in [0.25, 0.3) is 0 Å². The second-order valence-corrected chi connectivity index (χ2v) is 5.01. The first-order valence-electron chi connectivity index (χ1n) is 6.79. The molecule has 0 aliphatic carbocycles. The van der Waals surface area contributed by atoms with Gasteiger partial charge in [0.05, 0.1) is 18.4 Å². The third-order valence-corrected chi connectivity index (χ3v) is 3.36. The third-order valence-electron chi connectivity index (χ3n) is 3.36. The molecule has 0 aromatic carbocycles. The predicted octanol–water partition coefficient (Wildman–Crippen LogP) is 1.63. The van der Waals surface area contributed by atoms with E-state index in [1.54, 1.807) is 22.0 Å². The Morgan fingerprint density at radius 2 is 2.20 bits per heavy atom. The van der Waals surface area contributed by atoms with Crippen molar-refractivity contribution >= 4 is 5.91 Å². The lowest BCUT2D eigenvalue weighted by Gasteiger charge is -2.22. The van der Waals surface area contributed by atoms with Gasteiger partial charge in [-0.15, -0.1) is 0 Å². The number of carbonyl (C=O) groups is 1. The van der Waals surface area contributed by atoms with E-state index in [2.05, 4.69) is 10.2 Å². The first-order valence-corrected chi connectivity index (χ1v) is 6.79. The van der Waals surface area contributed by atoms with Gasteiger partial charge in [0, 0.05) is 26.0 Å². The van der Waals surface area contributed by atoms with Crippen molar-refractivity contribution in [2.75, 3.05) is 7.05 Å². The number of carbonyl (C=O) groups excluding carboxylic acids is 1. The lowest BCUT2D eigenvalue weighted by Crippen LogP contribution is -2.33. The van der Waals surface area contributed by atoms with Crippen LogP contribution in [-0.4, -0.2) is 37.4 Å². The van der Waals surface area contributed by atoms with Gasteiger partial charge >= 0.3 is 0 Å². The molecule has 20 heavy (non-hydrogen) atoms. The number of amides is 1. The molecule has 1 atom stereocenters. The van der Waals surface area contributed by atoms with Crippen molar-refractivity contribution in [3.63, 3.8) is 0 Å². The fourth-order valence-corrected chi connectivity index (χ4v) is 2.18. The number of aromatic nitrogens is 4. The van der Waals surface area contributed by atoms with E-state index >= 15 is 0 Å². The molecule has 6 heteroatoms. The average Bonchev–Trinajstić information content (AvgIpc) is 3.05. The molecule has 0 radical (unpaired) electrons. The topological polar surface area (TPSA) is 56.0 Å². The Kier molecular flexibility index (Phi) is 4.22. The van der Waals surface area contributed by atoms with Gasteiger partial charge in [0.15, 0.2) is 0 Å². The van der Waals surface area contributed by atoms with Crippen molar-refractivity contribution < 1.29 is 4.79 Å². The molecule has 0 aliphatic rings. The normalized spacial score (nSPS) is 12.4. The Labute approximate surface area is 119 Å².